The van der Waals surface area contributed by atoms with E-state index in [1.165, 1.54) is 5.56 Å². The van der Waals surface area contributed by atoms with E-state index in [9.17, 15) is 4.79 Å². The van der Waals surface area contributed by atoms with Crippen molar-refractivity contribution in [1.82, 2.24) is 10.9 Å². The van der Waals surface area contributed by atoms with Gasteiger partial charge in [0, 0.05) is 6.42 Å². The van der Waals surface area contributed by atoms with Gasteiger partial charge in [-0.3, -0.25) is 15.6 Å². The van der Waals surface area contributed by atoms with Gasteiger partial charge < -0.3 is 5.84 Å². The number of carbonyl (C=O) groups is 1. The number of hydrogen-bond donors (Lipinski definition) is 3. The largest absolute Gasteiger partial charge is 0.322 e. The van der Waals surface area contributed by atoms with E-state index in [2.05, 4.69) is 16.0 Å². The summed E-state index contributed by atoms with van der Waals surface area (Å²) in [6.45, 7) is 2.02. The van der Waals surface area contributed by atoms with Crippen LogP contribution in [0.5, 0.6) is 0 Å². The minimum atomic E-state index is -0.0839. The van der Waals surface area contributed by atoms with E-state index in [-0.39, 0.29) is 11.8 Å². The molecule has 5 heteroatoms. The van der Waals surface area contributed by atoms with Crippen molar-refractivity contribution < 1.29 is 4.79 Å². The molecule has 1 aliphatic heterocycles. The average Bonchev–Trinajstić information content (AvgIpc) is 2.30. The van der Waals surface area contributed by atoms with E-state index in [1.807, 2.05) is 31.2 Å². The number of hydrazine groups is 1. The number of hydrazone groups is 1. The number of aryl methyl sites for hydroxylation is 1. The first-order chi connectivity index (χ1) is 7.70. The first kappa shape index (κ1) is 10.5. The predicted octanol–water partition coefficient (Wildman–Crippen LogP) is 0.375. The highest BCUT2D eigenvalue weighted by molar-refractivity contribution is 5.97. The number of benzene rings is 1. The van der Waals surface area contributed by atoms with Crippen LogP contribution < -0.4 is 16.7 Å². The first-order valence-corrected chi connectivity index (χ1v) is 5.10. The lowest BCUT2D eigenvalue weighted by molar-refractivity contribution is -0.122. The summed E-state index contributed by atoms with van der Waals surface area (Å²) in [7, 11) is 0. The molecule has 1 amide bonds. The number of rotatable bonds is 1. The molecule has 0 unspecified atom stereocenters. The average molecular weight is 218 g/mol. The zero-order chi connectivity index (χ0) is 11.5. The molecule has 1 atom stereocenters. The second-order valence-electron chi connectivity index (χ2n) is 3.85. The molecule has 0 aliphatic carbocycles. The number of nitrogens with zero attached hydrogens (tertiary/aromatic N) is 1. The molecule has 1 fully saturated rings. The fourth-order valence-corrected chi connectivity index (χ4v) is 1.75. The Bertz CT molecular complexity index is 424. The van der Waals surface area contributed by atoms with Crippen molar-refractivity contribution in [3.05, 3.63) is 35.4 Å². The molecule has 0 bridgehead atoms. The van der Waals surface area contributed by atoms with Gasteiger partial charge in [0.1, 0.15) is 5.84 Å². The van der Waals surface area contributed by atoms with Gasteiger partial charge in [0.25, 0.3) is 0 Å². The van der Waals surface area contributed by atoms with Crippen LogP contribution in [-0.2, 0) is 4.79 Å². The Kier molecular flexibility index (Phi) is 2.76. The molecule has 2 rings (SSSR count). The van der Waals surface area contributed by atoms with E-state index < -0.39 is 0 Å². The summed E-state index contributed by atoms with van der Waals surface area (Å²) in [6.07, 6.45) is 0.367. The maximum Gasteiger partial charge on any atom is 0.239 e. The van der Waals surface area contributed by atoms with Gasteiger partial charge in [0.15, 0.2) is 0 Å². The summed E-state index contributed by atoms with van der Waals surface area (Å²) < 4.78 is 0. The fourth-order valence-electron chi connectivity index (χ4n) is 1.75. The van der Waals surface area contributed by atoms with E-state index in [1.54, 1.807) is 0 Å². The quantitative estimate of drug-likeness (QED) is 0.471. The minimum Gasteiger partial charge on any atom is -0.322 e. The molecule has 4 N–H and O–H groups in total. The van der Waals surface area contributed by atoms with Gasteiger partial charge in [-0.05, 0) is 12.5 Å². The number of amidine groups is 1. The van der Waals surface area contributed by atoms with Gasteiger partial charge >= 0.3 is 0 Å². The highest BCUT2D eigenvalue weighted by atomic mass is 16.2. The molecule has 1 aliphatic rings. The molecule has 1 aromatic carbocycles. The predicted molar refractivity (Wildman–Crippen MR) is 61.4 cm³/mol. The Morgan fingerprint density at radius 1 is 1.31 bits per heavy atom. The number of hydrogen-bond acceptors (Lipinski definition) is 3. The lowest BCUT2D eigenvalue weighted by Crippen LogP contribution is -2.50. The second-order valence-corrected chi connectivity index (χ2v) is 3.85. The molecule has 1 heterocycles. The molecule has 0 saturated carbocycles. The van der Waals surface area contributed by atoms with Gasteiger partial charge in [0.2, 0.25) is 5.91 Å². The summed E-state index contributed by atoms with van der Waals surface area (Å²) in [6, 6.07) is 8.00. The monoisotopic (exact) mass is 218 g/mol. The third-order valence-corrected chi connectivity index (χ3v) is 2.67. The van der Waals surface area contributed by atoms with Crippen LogP contribution in [0.15, 0.2) is 29.4 Å². The number of amides is 1. The van der Waals surface area contributed by atoms with E-state index in [4.69, 9.17) is 5.84 Å². The Morgan fingerprint density at radius 3 is 2.62 bits per heavy atom. The van der Waals surface area contributed by atoms with Crippen molar-refractivity contribution in [2.75, 3.05) is 0 Å². The second kappa shape index (κ2) is 4.22. The van der Waals surface area contributed by atoms with Crippen molar-refractivity contribution >= 4 is 11.7 Å². The van der Waals surface area contributed by atoms with Crippen molar-refractivity contribution in [3.63, 3.8) is 0 Å². The zero-order valence-electron chi connectivity index (χ0n) is 9.03. The van der Waals surface area contributed by atoms with Crippen molar-refractivity contribution in [2.45, 2.75) is 19.3 Å². The van der Waals surface area contributed by atoms with E-state index >= 15 is 0 Å². The van der Waals surface area contributed by atoms with Crippen LogP contribution >= 0.6 is 0 Å². The summed E-state index contributed by atoms with van der Waals surface area (Å²) in [4.78, 5) is 11.3. The smallest absolute Gasteiger partial charge is 0.239 e. The van der Waals surface area contributed by atoms with Crippen LogP contribution in [0.4, 0.5) is 0 Å². The van der Waals surface area contributed by atoms with Crippen LogP contribution in [0.25, 0.3) is 0 Å². The first-order valence-electron chi connectivity index (χ1n) is 5.10. The lowest BCUT2D eigenvalue weighted by Gasteiger charge is -2.25. The highest BCUT2D eigenvalue weighted by Crippen LogP contribution is 2.22. The summed E-state index contributed by atoms with van der Waals surface area (Å²) in [5.74, 6) is 5.73. The zero-order valence-corrected chi connectivity index (χ0v) is 9.03. The highest BCUT2D eigenvalue weighted by Gasteiger charge is 2.26. The fraction of sp³-hybridized carbons (Fsp3) is 0.273. The van der Waals surface area contributed by atoms with Gasteiger partial charge in [-0.15, -0.1) is 0 Å². The Labute approximate surface area is 93.7 Å². The van der Waals surface area contributed by atoms with E-state index in [0.717, 1.165) is 5.56 Å². The topological polar surface area (TPSA) is 79.5 Å². The number of carbonyl (C=O) groups excluding carboxylic acids is 1. The van der Waals surface area contributed by atoms with Crippen LogP contribution in [0.1, 0.15) is 23.5 Å². The van der Waals surface area contributed by atoms with Crippen molar-refractivity contribution in [2.24, 2.45) is 10.9 Å². The van der Waals surface area contributed by atoms with E-state index in [0.29, 0.717) is 12.3 Å². The summed E-state index contributed by atoms with van der Waals surface area (Å²) >= 11 is 0. The molecule has 84 valence electrons. The molecule has 0 radical (unpaired) electrons. The van der Waals surface area contributed by atoms with Crippen LogP contribution in [0, 0.1) is 6.92 Å². The maximum atomic E-state index is 11.3. The molecule has 0 aromatic heterocycles. The van der Waals surface area contributed by atoms with Gasteiger partial charge in [-0.1, -0.05) is 29.8 Å². The lowest BCUT2D eigenvalue weighted by atomic mass is 9.92. The molecule has 0 spiro atoms. The van der Waals surface area contributed by atoms with Crippen LogP contribution in [0.2, 0.25) is 0 Å². The normalized spacial score (nSPS) is 22.7. The SMILES string of the molecule is Cc1ccc([C@H]2CC(=O)NN/C2=N/N)cc1. The Balaban J connectivity index is 2.29. The molecular formula is C11H14N4O. The number of nitrogens with two attached hydrogens (primary N) is 1. The number of nitrogens with one attached hydrogen (secondary N) is 2. The molecule has 5 nitrogen and oxygen atoms in total. The maximum absolute atomic E-state index is 11.3. The Morgan fingerprint density at radius 2 is 2.00 bits per heavy atom. The Hall–Kier alpha value is -2.04. The van der Waals surface area contributed by atoms with Crippen LogP contribution in [0.3, 0.4) is 0 Å². The van der Waals surface area contributed by atoms with Gasteiger partial charge in [-0.25, -0.2) is 0 Å². The summed E-state index contributed by atoms with van der Waals surface area (Å²) in [5, 5.41) is 3.65. The van der Waals surface area contributed by atoms with Gasteiger partial charge in [-0.2, -0.15) is 5.10 Å². The minimum absolute atomic E-state index is 0.0574. The molecular weight excluding hydrogens is 204 g/mol. The van der Waals surface area contributed by atoms with Crippen molar-refractivity contribution in [1.29, 1.82) is 0 Å². The standard InChI is InChI=1S/C11H14N4O/c1-7-2-4-8(5-3-7)9-6-10(16)14-15-11(9)13-12/h2-5,9H,6,12H2,1H3,(H,13,15)(H,14,16)/t9-/m1/s1. The third-order valence-electron chi connectivity index (χ3n) is 2.67. The van der Waals surface area contributed by atoms with Crippen LogP contribution in [-0.4, -0.2) is 11.7 Å². The third kappa shape index (κ3) is 1.98. The molecule has 16 heavy (non-hydrogen) atoms. The van der Waals surface area contributed by atoms with Gasteiger partial charge in [0.05, 0.1) is 5.92 Å². The van der Waals surface area contributed by atoms with Crippen molar-refractivity contribution in [3.8, 4) is 0 Å². The summed E-state index contributed by atoms with van der Waals surface area (Å²) in [5.41, 5.74) is 7.42. The molecule has 1 aromatic rings. The molecule has 1 saturated heterocycles.